The second kappa shape index (κ2) is 5.96. The molecule has 0 aliphatic heterocycles. The lowest BCUT2D eigenvalue weighted by atomic mass is 10.1. The van der Waals surface area contributed by atoms with Crippen LogP contribution in [0.25, 0.3) is 6.08 Å². The molecule has 0 N–H and O–H groups in total. The first-order chi connectivity index (χ1) is 7.29. The van der Waals surface area contributed by atoms with E-state index in [-0.39, 0.29) is 11.6 Å². The van der Waals surface area contributed by atoms with Crippen LogP contribution in [-0.2, 0) is 4.79 Å². The van der Waals surface area contributed by atoms with E-state index in [1.54, 1.807) is 30.4 Å². The fraction of sp³-hybridized carbons (Fsp3) is 0.250. The van der Waals surface area contributed by atoms with Crippen molar-refractivity contribution in [2.45, 2.75) is 12.8 Å². The number of carbonyl (C=O) groups excluding carboxylic acids is 1. The topological polar surface area (TPSA) is 26.3 Å². The number of rotatable bonds is 5. The lowest BCUT2D eigenvalue weighted by molar-refractivity contribution is -0.107. The Hall–Kier alpha value is -1.64. The summed E-state index contributed by atoms with van der Waals surface area (Å²) >= 11 is 0. The van der Waals surface area contributed by atoms with Crippen LogP contribution in [0.15, 0.2) is 24.3 Å². The highest BCUT2D eigenvalue weighted by Crippen LogP contribution is 2.20. The second-order valence-electron chi connectivity index (χ2n) is 3.01. The van der Waals surface area contributed by atoms with Gasteiger partial charge in [-0.3, -0.25) is 0 Å². The van der Waals surface area contributed by atoms with Crippen LogP contribution in [0.5, 0.6) is 5.75 Å². The Morgan fingerprint density at radius 1 is 1.40 bits per heavy atom. The number of allylic oxidation sites excluding steroid dienone is 1. The molecule has 1 rings (SSSR count). The molecule has 0 atom stereocenters. The first-order valence-corrected chi connectivity index (χ1v) is 4.72. The smallest absolute Gasteiger partial charge is 0.172 e. The van der Waals surface area contributed by atoms with Gasteiger partial charge in [0.1, 0.15) is 6.29 Å². The van der Waals surface area contributed by atoms with Crippen molar-refractivity contribution >= 4 is 12.4 Å². The van der Waals surface area contributed by atoms with E-state index >= 15 is 0 Å². The SMILES string of the molecule is COc1cccc(C=CCCC=O)c1F. The molecule has 0 saturated carbocycles. The third-order valence-corrected chi connectivity index (χ3v) is 1.96. The standard InChI is InChI=1S/C12H13FO2/c1-15-11-8-5-7-10(12(11)13)6-3-2-4-9-14/h3,5-9H,2,4H2,1H3. The van der Waals surface area contributed by atoms with Gasteiger partial charge in [0.2, 0.25) is 0 Å². The van der Waals surface area contributed by atoms with Crippen molar-refractivity contribution < 1.29 is 13.9 Å². The van der Waals surface area contributed by atoms with Gasteiger partial charge in [-0.15, -0.1) is 0 Å². The van der Waals surface area contributed by atoms with Crippen molar-refractivity contribution in [3.8, 4) is 5.75 Å². The highest BCUT2D eigenvalue weighted by Gasteiger charge is 2.04. The van der Waals surface area contributed by atoms with E-state index < -0.39 is 0 Å². The highest BCUT2D eigenvalue weighted by atomic mass is 19.1. The molecule has 0 aliphatic carbocycles. The molecular formula is C12H13FO2. The molecule has 80 valence electrons. The van der Waals surface area contributed by atoms with Gasteiger partial charge in [0, 0.05) is 12.0 Å². The van der Waals surface area contributed by atoms with Crippen LogP contribution in [0.3, 0.4) is 0 Å². The number of carbonyl (C=O) groups is 1. The zero-order valence-electron chi connectivity index (χ0n) is 8.57. The van der Waals surface area contributed by atoms with Crippen molar-refractivity contribution in [1.82, 2.24) is 0 Å². The molecule has 1 aromatic rings. The normalized spacial score (nSPS) is 10.5. The number of aldehydes is 1. The minimum atomic E-state index is -0.373. The maximum Gasteiger partial charge on any atom is 0.172 e. The van der Waals surface area contributed by atoms with Crippen molar-refractivity contribution in [3.63, 3.8) is 0 Å². The molecule has 0 saturated heterocycles. The van der Waals surface area contributed by atoms with E-state index in [2.05, 4.69) is 0 Å². The Bertz CT molecular complexity index is 359. The van der Waals surface area contributed by atoms with Gasteiger partial charge < -0.3 is 9.53 Å². The quantitative estimate of drug-likeness (QED) is 0.549. The Morgan fingerprint density at radius 2 is 2.20 bits per heavy atom. The first kappa shape index (κ1) is 11.4. The van der Waals surface area contributed by atoms with Gasteiger partial charge >= 0.3 is 0 Å². The zero-order chi connectivity index (χ0) is 11.1. The van der Waals surface area contributed by atoms with Crippen molar-refractivity contribution in [3.05, 3.63) is 35.7 Å². The molecule has 0 fully saturated rings. The Morgan fingerprint density at radius 3 is 2.87 bits per heavy atom. The van der Waals surface area contributed by atoms with Gasteiger partial charge in [0.15, 0.2) is 11.6 Å². The molecule has 0 bridgehead atoms. The van der Waals surface area contributed by atoms with Gasteiger partial charge in [-0.1, -0.05) is 24.3 Å². The molecule has 15 heavy (non-hydrogen) atoms. The molecule has 0 aromatic heterocycles. The Labute approximate surface area is 88.4 Å². The van der Waals surface area contributed by atoms with E-state index in [0.29, 0.717) is 18.4 Å². The summed E-state index contributed by atoms with van der Waals surface area (Å²) in [6.45, 7) is 0. The summed E-state index contributed by atoms with van der Waals surface area (Å²) in [5.74, 6) is -0.144. The van der Waals surface area contributed by atoms with Gasteiger partial charge in [0.05, 0.1) is 7.11 Å². The van der Waals surface area contributed by atoms with E-state index in [0.717, 1.165) is 6.29 Å². The average molecular weight is 208 g/mol. The fourth-order valence-corrected chi connectivity index (χ4v) is 1.19. The summed E-state index contributed by atoms with van der Waals surface area (Å²) in [6.07, 6.45) is 5.35. The predicted octanol–water partition coefficient (Wildman–Crippen LogP) is 2.83. The molecule has 0 radical (unpaired) electrons. The summed E-state index contributed by atoms with van der Waals surface area (Å²) in [4.78, 5) is 10.1. The van der Waals surface area contributed by atoms with E-state index in [9.17, 15) is 9.18 Å². The summed E-state index contributed by atoms with van der Waals surface area (Å²) in [7, 11) is 1.43. The number of unbranched alkanes of at least 4 members (excludes halogenated alkanes) is 1. The molecule has 1 aromatic carbocycles. The molecule has 0 aliphatic rings. The lowest BCUT2D eigenvalue weighted by Gasteiger charge is -2.03. The highest BCUT2D eigenvalue weighted by molar-refractivity contribution is 5.54. The average Bonchev–Trinajstić information content (AvgIpc) is 2.26. The molecule has 0 heterocycles. The summed E-state index contributed by atoms with van der Waals surface area (Å²) in [5, 5.41) is 0. The van der Waals surface area contributed by atoms with E-state index in [1.165, 1.54) is 7.11 Å². The van der Waals surface area contributed by atoms with Crippen LogP contribution in [-0.4, -0.2) is 13.4 Å². The van der Waals surface area contributed by atoms with E-state index in [1.807, 2.05) is 0 Å². The Balaban J connectivity index is 2.76. The van der Waals surface area contributed by atoms with Crippen LogP contribution in [0.1, 0.15) is 18.4 Å². The lowest BCUT2D eigenvalue weighted by Crippen LogP contribution is -1.90. The van der Waals surface area contributed by atoms with Crippen LogP contribution in [0, 0.1) is 5.82 Å². The predicted molar refractivity (Wildman–Crippen MR) is 57.3 cm³/mol. The largest absolute Gasteiger partial charge is 0.494 e. The van der Waals surface area contributed by atoms with Crippen molar-refractivity contribution in [1.29, 1.82) is 0 Å². The first-order valence-electron chi connectivity index (χ1n) is 4.72. The van der Waals surface area contributed by atoms with Gasteiger partial charge in [-0.2, -0.15) is 0 Å². The molecule has 0 unspecified atom stereocenters. The number of hydrogen-bond donors (Lipinski definition) is 0. The summed E-state index contributed by atoms with van der Waals surface area (Å²) in [5.41, 5.74) is 0.472. The monoisotopic (exact) mass is 208 g/mol. The van der Waals surface area contributed by atoms with Crippen LogP contribution in [0.4, 0.5) is 4.39 Å². The van der Waals surface area contributed by atoms with Crippen LogP contribution >= 0.6 is 0 Å². The van der Waals surface area contributed by atoms with Gasteiger partial charge in [0.25, 0.3) is 0 Å². The fourth-order valence-electron chi connectivity index (χ4n) is 1.19. The maximum absolute atomic E-state index is 13.5. The Kier molecular flexibility index (Phi) is 4.54. The minimum absolute atomic E-state index is 0.229. The van der Waals surface area contributed by atoms with Crippen molar-refractivity contribution in [2.75, 3.05) is 7.11 Å². The number of methoxy groups -OCH3 is 1. The minimum Gasteiger partial charge on any atom is -0.494 e. The van der Waals surface area contributed by atoms with E-state index in [4.69, 9.17) is 4.74 Å². The molecule has 0 spiro atoms. The maximum atomic E-state index is 13.5. The zero-order valence-corrected chi connectivity index (χ0v) is 8.57. The number of benzene rings is 1. The number of halogens is 1. The molecular weight excluding hydrogens is 195 g/mol. The van der Waals surface area contributed by atoms with Crippen LogP contribution in [0.2, 0.25) is 0 Å². The van der Waals surface area contributed by atoms with Crippen molar-refractivity contribution in [2.24, 2.45) is 0 Å². The summed E-state index contributed by atoms with van der Waals surface area (Å²) in [6, 6.07) is 4.95. The van der Waals surface area contributed by atoms with Gasteiger partial charge in [-0.25, -0.2) is 4.39 Å². The molecule has 0 amide bonds. The summed E-state index contributed by atoms with van der Waals surface area (Å²) < 4.78 is 18.4. The van der Waals surface area contributed by atoms with Gasteiger partial charge in [-0.05, 0) is 12.5 Å². The third-order valence-electron chi connectivity index (χ3n) is 1.96. The second-order valence-corrected chi connectivity index (χ2v) is 3.01. The number of ether oxygens (including phenoxy) is 1. The number of hydrogen-bond acceptors (Lipinski definition) is 2. The third kappa shape index (κ3) is 3.20. The molecule has 3 heteroatoms. The van der Waals surface area contributed by atoms with Crippen LogP contribution < -0.4 is 4.74 Å². The molecule has 2 nitrogen and oxygen atoms in total.